The fraction of sp³-hybridized carbons (Fsp3) is 0.211. The van der Waals surface area contributed by atoms with Gasteiger partial charge >= 0.3 is 12.1 Å². The number of thioether (sulfide) groups is 1. The van der Waals surface area contributed by atoms with Crippen molar-refractivity contribution >= 4 is 52.0 Å². The molecule has 1 amide bonds. The number of halogens is 4. The number of carbonyl (C=O) groups excluding carboxylic acids is 2. The van der Waals surface area contributed by atoms with E-state index in [0.29, 0.717) is 17.2 Å². The number of carbonyl (C=O) groups is 2. The molecule has 3 aromatic rings. The zero-order chi connectivity index (χ0) is 21.9. The lowest BCUT2D eigenvalue weighted by molar-refractivity contribution is -0.150. The number of rotatable bonds is 6. The van der Waals surface area contributed by atoms with Gasteiger partial charge in [0.2, 0.25) is 0 Å². The van der Waals surface area contributed by atoms with Crippen LogP contribution in [0, 0.1) is 0 Å². The summed E-state index contributed by atoms with van der Waals surface area (Å²) in [6, 6.07) is 9.98. The van der Waals surface area contributed by atoms with Gasteiger partial charge in [0.05, 0.1) is 11.3 Å². The minimum absolute atomic E-state index is 0.129. The Hall–Kier alpha value is -2.72. The predicted octanol–water partition coefficient (Wildman–Crippen LogP) is 5.16. The standard InChI is InChI=1S/C19H14ClF3N2O4S/c1-10(17(27)24-13-7-6-11(20)8-12(13)19(21,22)23)28-16(26)9-30-18-25-14-4-2-3-5-15(14)29-18/h2-8,10H,9H2,1H3,(H,24,27). The molecule has 30 heavy (non-hydrogen) atoms. The van der Waals surface area contributed by atoms with Gasteiger partial charge in [0.25, 0.3) is 11.1 Å². The van der Waals surface area contributed by atoms with Crippen molar-refractivity contribution in [2.75, 3.05) is 11.1 Å². The molecular formula is C19H14ClF3N2O4S. The lowest BCUT2D eigenvalue weighted by Gasteiger charge is -2.17. The smallest absolute Gasteiger partial charge is 0.418 e. The van der Waals surface area contributed by atoms with Gasteiger partial charge in [-0.05, 0) is 37.3 Å². The van der Waals surface area contributed by atoms with Crippen LogP contribution in [0.15, 0.2) is 52.1 Å². The second-order valence-corrected chi connectivity index (χ2v) is 7.41. The molecule has 0 saturated carbocycles. The molecule has 0 aliphatic heterocycles. The molecule has 3 rings (SSSR count). The van der Waals surface area contributed by atoms with Crippen LogP contribution in [0.5, 0.6) is 0 Å². The number of fused-ring (bicyclic) bond motifs is 1. The molecular weight excluding hydrogens is 445 g/mol. The van der Waals surface area contributed by atoms with E-state index in [1.54, 1.807) is 24.3 Å². The van der Waals surface area contributed by atoms with Gasteiger partial charge in [-0.25, -0.2) is 4.98 Å². The number of oxazole rings is 1. The largest absolute Gasteiger partial charge is 0.452 e. The summed E-state index contributed by atoms with van der Waals surface area (Å²) in [4.78, 5) is 28.3. The first-order chi connectivity index (χ1) is 14.1. The van der Waals surface area contributed by atoms with E-state index in [0.717, 1.165) is 17.8 Å². The Morgan fingerprint density at radius 3 is 2.70 bits per heavy atom. The molecule has 1 atom stereocenters. The minimum Gasteiger partial charge on any atom is -0.452 e. The lowest BCUT2D eigenvalue weighted by atomic mass is 10.1. The van der Waals surface area contributed by atoms with Crippen LogP contribution in [-0.4, -0.2) is 28.7 Å². The van der Waals surface area contributed by atoms with Crippen LogP contribution in [0.1, 0.15) is 12.5 Å². The molecule has 0 aliphatic carbocycles. The first kappa shape index (κ1) is 22.0. The van der Waals surface area contributed by atoms with Crippen molar-refractivity contribution < 1.29 is 31.9 Å². The maximum Gasteiger partial charge on any atom is 0.418 e. The Kier molecular flexibility index (Phi) is 6.57. The summed E-state index contributed by atoms with van der Waals surface area (Å²) < 4.78 is 49.8. The Morgan fingerprint density at radius 2 is 2.00 bits per heavy atom. The third-order valence-electron chi connectivity index (χ3n) is 3.81. The molecule has 1 heterocycles. The number of anilines is 1. The van der Waals surface area contributed by atoms with E-state index in [2.05, 4.69) is 10.3 Å². The Morgan fingerprint density at radius 1 is 1.27 bits per heavy atom. The van der Waals surface area contributed by atoms with Gasteiger partial charge in [0, 0.05) is 5.02 Å². The predicted molar refractivity (Wildman–Crippen MR) is 105 cm³/mol. The average Bonchev–Trinajstić information content (AvgIpc) is 3.10. The number of benzene rings is 2. The first-order valence-corrected chi connectivity index (χ1v) is 9.85. The van der Waals surface area contributed by atoms with E-state index in [4.69, 9.17) is 20.8 Å². The molecule has 1 aromatic heterocycles. The Labute approximate surface area is 177 Å². The zero-order valence-electron chi connectivity index (χ0n) is 15.3. The summed E-state index contributed by atoms with van der Waals surface area (Å²) in [5, 5.41) is 2.23. The summed E-state index contributed by atoms with van der Waals surface area (Å²) >= 11 is 6.58. The molecule has 6 nitrogen and oxygen atoms in total. The fourth-order valence-corrected chi connectivity index (χ4v) is 3.21. The third kappa shape index (κ3) is 5.45. The molecule has 158 valence electrons. The van der Waals surface area contributed by atoms with Crippen molar-refractivity contribution in [3.8, 4) is 0 Å². The monoisotopic (exact) mass is 458 g/mol. The topological polar surface area (TPSA) is 81.4 Å². The highest BCUT2D eigenvalue weighted by Crippen LogP contribution is 2.36. The molecule has 1 N–H and O–H groups in total. The van der Waals surface area contributed by atoms with Crippen molar-refractivity contribution in [1.29, 1.82) is 0 Å². The van der Waals surface area contributed by atoms with E-state index in [-0.39, 0.29) is 16.0 Å². The molecule has 0 bridgehead atoms. The maximum absolute atomic E-state index is 13.1. The summed E-state index contributed by atoms with van der Waals surface area (Å²) in [5.74, 6) is -1.86. The number of nitrogens with one attached hydrogen (secondary N) is 1. The highest BCUT2D eigenvalue weighted by atomic mass is 35.5. The van der Waals surface area contributed by atoms with Crippen molar-refractivity contribution in [3.63, 3.8) is 0 Å². The van der Waals surface area contributed by atoms with E-state index in [1.165, 1.54) is 13.0 Å². The van der Waals surface area contributed by atoms with E-state index >= 15 is 0 Å². The number of hydrogen-bond donors (Lipinski definition) is 1. The van der Waals surface area contributed by atoms with Gasteiger partial charge in [0.1, 0.15) is 11.3 Å². The number of esters is 1. The second kappa shape index (κ2) is 8.97. The third-order valence-corrected chi connectivity index (χ3v) is 4.85. The highest BCUT2D eigenvalue weighted by Gasteiger charge is 2.34. The SMILES string of the molecule is CC(OC(=O)CSc1nc2ccccc2o1)C(=O)Nc1ccc(Cl)cc1C(F)(F)F. The number of nitrogens with zero attached hydrogens (tertiary/aromatic N) is 1. The van der Waals surface area contributed by atoms with E-state index < -0.39 is 35.4 Å². The number of aromatic nitrogens is 1. The quantitative estimate of drug-likeness (QED) is 0.406. The normalized spacial score (nSPS) is 12.6. The van der Waals surface area contributed by atoms with Crippen LogP contribution >= 0.6 is 23.4 Å². The summed E-state index contributed by atoms with van der Waals surface area (Å²) in [5.41, 5.74) is -0.400. The highest BCUT2D eigenvalue weighted by molar-refractivity contribution is 7.99. The average molecular weight is 459 g/mol. The van der Waals surface area contributed by atoms with Crippen LogP contribution in [0.3, 0.4) is 0 Å². The van der Waals surface area contributed by atoms with Crippen molar-refractivity contribution in [3.05, 3.63) is 53.1 Å². The van der Waals surface area contributed by atoms with Gasteiger partial charge in [-0.3, -0.25) is 9.59 Å². The number of ether oxygens (including phenoxy) is 1. The molecule has 0 saturated heterocycles. The zero-order valence-corrected chi connectivity index (χ0v) is 16.9. The molecule has 1 unspecified atom stereocenters. The van der Waals surface area contributed by atoms with E-state index in [9.17, 15) is 22.8 Å². The van der Waals surface area contributed by atoms with Gasteiger partial charge in [-0.1, -0.05) is 35.5 Å². The minimum atomic E-state index is -4.72. The van der Waals surface area contributed by atoms with Crippen LogP contribution in [-0.2, 0) is 20.5 Å². The second-order valence-electron chi connectivity index (χ2n) is 6.05. The van der Waals surface area contributed by atoms with Crippen molar-refractivity contribution in [2.45, 2.75) is 24.4 Å². The molecule has 0 fully saturated rings. The lowest BCUT2D eigenvalue weighted by Crippen LogP contribution is -2.31. The van der Waals surface area contributed by atoms with Gasteiger partial charge in [0.15, 0.2) is 11.7 Å². The Bertz CT molecular complexity index is 1050. The van der Waals surface area contributed by atoms with Crippen molar-refractivity contribution in [2.24, 2.45) is 0 Å². The molecule has 0 radical (unpaired) electrons. The van der Waals surface area contributed by atoms with Crippen molar-refractivity contribution in [1.82, 2.24) is 4.98 Å². The molecule has 11 heteroatoms. The van der Waals surface area contributed by atoms with Crippen LogP contribution < -0.4 is 5.32 Å². The van der Waals surface area contributed by atoms with Crippen LogP contribution in [0.2, 0.25) is 5.02 Å². The molecule has 0 spiro atoms. The van der Waals surface area contributed by atoms with Gasteiger partial charge in [-0.15, -0.1) is 0 Å². The Balaban J connectivity index is 1.57. The molecule has 2 aromatic carbocycles. The maximum atomic E-state index is 13.1. The number of hydrogen-bond acceptors (Lipinski definition) is 6. The summed E-state index contributed by atoms with van der Waals surface area (Å²) in [7, 11) is 0. The van der Waals surface area contributed by atoms with E-state index in [1.807, 2.05) is 0 Å². The van der Waals surface area contributed by atoms with Gasteiger partial charge in [-0.2, -0.15) is 13.2 Å². The first-order valence-electron chi connectivity index (χ1n) is 8.49. The fourth-order valence-electron chi connectivity index (χ4n) is 2.41. The van der Waals surface area contributed by atoms with Crippen LogP contribution in [0.25, 0.3) is 11.1 Å². The van der Waals surface area contributed by atoms with Gasteiger partial charge < -0.3 is 14.5 Å². The number of amides is 1. The number of para-hydroxylation sites is 2. The van der Waals surface area contributed by atoms with Crippen LogP contribution in [0.4, 0.5) is 18.9 Å². The summed E-state index contributed by atoms with van der Waals surface area (Å²) in [6.07, 6.45) is -6.04. The number of alkyl halides is 3. The summed E-state index contributed by atoms with van der Waals surface area (Å²) in [6.45, 7) is 1.25. The molecule has 0 aliphatic rings.